The summed E-state index contributed by atoms with van der Waals surface area (Å²) in [6.07, 6.45) is 2.10. The number of aromatic nitrogens is 3. The lowest BCUT2D eigenvalue weighted by Crippen LogP contribution is -2.45. The third-order valence-electron chi connectivity index (χ3n) is 5.37. The third-order valence-corrected chi connectivity index (χ3v) is 6.22. The summed E-state index contributed by atoms with van der Waals surface area (Å²) in [7, 11) is 0. The van der Waals surface area contributed by atoms with Crippen LogP contribution >= 0.6 is 11.3 Å². The maximum Gasteiger partial charge on any atom is 0.310 e. The predicted molar refractivity (Wildman–Crippen MR) is 110 cm³/mol. The number of carbonyl (C=O) groups excluding carboxylic acids is 2. The van der Waals surface area contributed by atoms with Crippen LogP contribution in [0.4, 0.5) is 0 Å². The quantitative estimate of drug-likeness (QED) is 0.595. The zero-order chi connectivity index (χ0) is 20.5. The molecular weight excluding hydrogens is 392 g/mol. The fourth-order valence-corrected chi connectivity index (χ4v) is 4.75. The second-order valence-electron chi connectivity index (χ2n) is 7.20. The van der Waals surface area contributed by atoms with Crippen LogP contribution in [0.2, 0.25) is 0 Å². The zero-order valence-corrected chi connectivity index (χ0v) is 17.4. The number of carbonyl (C=O) groups is 2. The Kier molecular flexibility index (Phi) is 5.40. The summed E-state index contributed by atoms with van der Waals surface area (Å²) in [5, 5.41) is 6.46. The fraction of sp³-hybridized carbons (Fsp3) is 0.500. The van der Waals surface area contributed by atoms with E-state index in [4.69, 9.17) is 4.74 Å². The Morgan fingerprint density at radius 3 is 2.90 bits per heavy atom. The smallest absolute Gasteiger partial charge is 0.310 e. The van der Waals surface area contributed by atoms with E-state index in [9.17, 15) is 14.4 Å². The molecule has 0 radical (unpaired) electrons. The molecule has 0 N–H and O–H groups in total. The summed E-state index contributed by atoms with van der Waals surface area (Å²) < 4.78 is 9.26. The maximum atomic E-state index is 13.0. The molecule has 154 valence electrons. The lowest BCUT2D eigenvalue weighted by molar-refractivity contribution is -0.151. The van der Waals surface area contributed by atoms with Crippen LogP contribution in [0, 0.1) is 5.92 Å². The minimum Gasteiger partial charge on any atom is -0.466 e. The first-order valence-electron chi connectivity index (χ1n) is 9.96. The molecular formula is C20H24N4O4S. The molecule has 0 saturated carbocycles. The molecule has 0 aromatic carbocycles. The van der Waals surface area contributed by atoms with Gasteiger partial charge in [-0.25, -0.2) is 4.68 Å². The molecule has 1 aliphatic heterocycles. The molecule has 9 heteroatoms. The average Bonchev–Trinajstić information content (AvgIpc) is 3.32. The first-order chi connectivity index (χ1) is 14.0. The van der Waals surface area contributed by atoms with E-state index in [0.29, 0.717) is 38.1 Å². The average molecular weight is 417 g/mol. The fourth-order valence-electron chi connectivity index (χ4n) is 3.94. The van der Waals surface area contributed by atoms with E-state index in [0.717, 1.165) is 22.5 Å². The number of hydrogen-bond acceptors (Lipinski definition) is 6. The SMILES string of the molecule is CCOC(=O)[C@@H]1CCCN(C(=O)Cn2nc(CC)n3c(cc4sccc43)c2=O)C1. The molecule has 0 bridgehead atoms. The van der Waals surface area contributed by atoms with E-state index in [2.05, 4.69) is 5.10 Å². The zero-order valence-electron chi connectivity index (χ0n) is 16.6. The second kappa shape index (κ2) is 7.98. The summed E-state index contributed by atoms with van der Waals surface area (Å²) in [5.41, 5.74) is 1.23. The van der Waals surface area contributed by atoms with Crippen molar-refractivity contribution >= 4 is 38.9 Å². The van der Waals surface area contributed by atoms with Crippen molar-refractivity contribution in [2.45, 2.75) is 39.7 Å². The van der Waals surface area contributed by atoms with Crippen LogP contribution in [0.5, 0.6) is 0 Å². The second-order valence-corrected chi connectivity index (χ2v) is 8.15. The molecule has 1 fully saturated rings. The van der Waals surface area contributed by atoms with E-state index >= 15 is 0 Å². The van der Waals surface area contributed by atoms with Crippen molar-refractivity contribution in [3.8, 4) is 0 Å². The van der Waals surface area contributed by atoms with Crippen molar-refractivity contribution in [1.29, 1.82) is 0 Å². The highest BCUT2D eigenvalue weighted by atomic mass is 32.1. The number of rotatable bonds is 5. The number of nitrogens with zero attached hydrogens (tertiary/aromatic N) is 4. The molecule has 4 rings (SSSR count). The summed E-state index contributed by atoms with van der Waals surface area (Å²) >= 11 is 1.57. The van der Waals surface area contributed by atoms with Gasteiger partial charge < -0.3 is 9.64 Å². The summed E-state index contributed by atoms with van der Waals surface area (Å²) in [5.74, 6) is -0.0242. The van der Waals surface area contributed by atoms with E-state index < -0.39 is 0 Å². The van der Waals surface area contributed by atoms with Crippen LogP contribution in [0.15, 0.2) is 22.3 Å². The highest BCUT2D eigenvalue weighted by molar-refractivity contribution is 7.17. The van der Waals surface area contributed by atoms with Crippen molar-refractivity contribution in [2.75, 3.05) is 19.7 Å². The third kappa shape index (κ3) is 3.55. The van der Waals surface area contributed by atoms with Crippen LogP contribution in [-0.4, -0.2) is 50.7 Å². The monoisotopic (exact) mass is 416 g/mol. The van der Waals surface area contributed by atoms with Gasteiger partial charge in [-0.15, -0.1) is 11.3 Å². The van der Waals surface area contributed by atoms with Gasteiger partial charge in [0.1, 0.15) is 17.9 Å². The Labute approximate surface area is 171 Å². The van der Waals surface area contributed by atoms with Crippen LogP contribution < -0.4 is 5.56 Å². The molecule has 1 atom stereocenters. The number of fused-ring (bicyclic) bond motifs is 3. The summed E-state index contributed by atoms with van der Waals surface area (Å²) in [6, 6.07) is 3.84. The minimum atomic E-state index is -0.302. The molecule has 0 aliphatic carbocycles. The number of hydrogen-bond donors (Lipinski definition) is 0. The largest absolute Gasteiger partial charge is 0.466 e. The molecule has 3 aromatic heterocycles. The molecule has 8 nitrogen and oxygen atoms in total. The van der Waals surface area contributed by atoms with Crippen LogP contribution in [0.3, 0.4) is 0 Å². The van der Waals surface area contributed by atoms with Crippen molar-refractivity contribution < 1.29 is 14.3 Å². The Balaban J connectivity index is 1.60. The molecule has 1 amide bonds. The Hall–Kier alpha value is -2.68. The molecule has 1 aliphatic rings. The molecule has 0 spiro atoms. The number of ether oxygens (including phenoxy) is 1. The van der Waals surface area contributed by atoms with Crippen LogP contribution in [0.1, 0.15) is 32.5 Å². The van der Waals surface area contributed by atoms with Crippen molar-refractivity contribution in [3.05, 3.63) is 33.7 Å². The Bertz CT molecular complexity index is 1130. The van der Waals surface area contributed by atoms with E-state index in [1.807, 2.05) is 28.8 Å². The number of thiophene rings is 1. The van der Waals surface area contributed by atoms with Crippen molar-refractivity contribution in [1.82, 2.24) is 19.1 Å². The van der Waals surface area contributed by atoms with Crippen molar-refractivity contribution in [2.24, 2.45) is 5.92 Å². The lowest BCUT2D eigenvalue weighted by atomic mass is 9.98. The maximum absolute atomic E-state index is 13.0. The van der Waals surface area contributed by atoms with Gasteiger partial charge >= 0.3 is 5.97 Å². The molecule has 3 aromatic rings. The van der Waals surface area contributed by atoms with Gasteiger partial charge in [0.2, 0.25) is 5.91 Å². The van der Waals surface area contributed by atoms with Crippen LogP contribution in [0.25, 0.3) is 15.7 Å². The molecule has 4 heterocycles. The van der Waals surface area contributed by atoms with Gasteiger partial charge in [0.25, 0.3) is 5.56 Å². The standard InChI is InChI=1S/C20H24N4O4S/c1-3-17-21-23(19(26)15-10-16-14(24(15)17)7-9-29-16)12-18(25)22-8-5-6-13(11-22)20(27)28-4-2/h7,9-10,13H,3-6,8,11-12H2,1-2H3/t13-/m1/s1. The van der Waals surface area contributed by atoms with E-state index in [1.54, 1.807) is 23.2 Å². The predicted octanol–water partition coefficient (Wildman–Crippen LogP) is 2.07. The first-order valence-corrected chi connectivity index (χ1v) is 10.8. The first kappa shape index (κ1) is 19.6. The van der Waals surface area contributed by atoms with Gasteiger partial charge in [-0.1, -0.05) is 6.92 Å². The van der Waals surface area contributed by atoms with Gasteiger partial charge in [-0.05, 0) is 37.3 Å². The van der Waals surface area contributed by atoms with Gasteiger partial charge in [-0.2, -0.15) is 5.10 Å². The number of piperidine rings is 1. The minimum absolute atomic E-state index is 0.128. The number of aryl methyl sites for hydroxylation is 1. The van der Waals surface area contributed by atoms with Crippen molar-refractivity contribution in [3.63, 3.8) is 0 Å². The van der Waals surface area contributed by atoms with Gasteiger partial charge in [0.15, 0.2) is 0 Å². The normalized spacial score (nSPS) is 17.2. The van der Waals surface area contributed by atoms with Gasteiger partial charge in [0, 0.05) is 19.5 Å². The van der Waals surface area contributed by atoms with E-state index in [-0.39, 0.29) is 29.9 Å². The summed E-state index contributed by atoms with van der Waals surface area (Å²) in [4.78, 5) is 39.5. The highest BCUT2D eigenvalue weighted by Crippen LogP contribution is 2.25. The highest BCUT2D eigenvalue weighted by Gasteiger charge is 2.29. The molecule has 1 saturated heterocycles. The van der Waals surface area contributed by atoms with Crippen LogP contribution in [-0.2, 0) is 27.3 Å². The topological polar surface area (TPSA) is 85.9 Å². The lowest BCUT2D eigenvalue weighted by Gasteiger charge is -2.31. The number of amides is 1. The van der Waals surface area contributed by atoms with Gasteiger partial charge in [0.05, 0.1) is 22.7 Å². The number of likely N-dealkylation sites (tertiary alicyclic amines) is 1. The summed E-state index contributed by atoms with van der Waals surface area (Å²) in [6.45, 7) is 4.86. The molecule has 29 heavy (non-hydrogen) atoms. The molecule has 0 unspecified atom stereocenters. The Morgan fingerprint density at radius 1 is 1.31 bits per heavy atom. The van der Waals surface area contributed by atoms with E-state index in [1.165, 1.54) is 4.68 Å². The van der Waals surface area contributed by atoms with Gasteiger partial charge in [-0.3, -0.25) is 18.8 Å². The Morgan fingerprint density at radius 2 is 2.14 bits per heavy atom. The number of esters is 1.